The summed E-state index contributed by atoms with van der Waals surface area (Å²) in [4.78, 5) is 26.3. The van der Waals surface area contributed by atoms with E-state index in [1.165, 1.54) is 0 Å². The van der Waals surface area contributed by atoms with E-state index in [2.05, 4.69) is 5.32 Å². The Kier molecular flexibility index (Phi) is 3.08. The van der Waals surface area contributed by atoms with Gasteiger partial charge in [-0.3, -0.25) is 14.5 Å². The van der Waals surface area contributed by atoms with Crippen LogP contribution in [-0.2, 0) is 9.59 Å². The van der Waals surface area contributed by atoms with Crippen molar-refractivity contribution in [2.75, 3.05) is 10.2 Å². The molecule has 3 aromatic carbocycles. The second-order valence-corrected chi connectivity index (χ2v) is 5.47. The summed E-state index contributed by atoms with van der Waals surface area (Å²) >= 11 is 0. The van der Waals surface area contributed by atoms with E-state index in [9.17, 15) is 9.59 Å². The smallest absolute Gasteiger partial charge is 0.241 e. The monoisotopic (exact) mass is 302 g/mol. The molecule has 3 aromatic rings. The van der Waals surface area contributed by atoms with E-state index in [4.69, 9.17) is 0 Å². The van der Waals surface area contributed by atoms with E-state index in [1.54, 1.807) is 4.90 Å². The van der Waals surface area contributed by atoms with E-state index >= 15 is 0 Å². The van der Waals surface area contributed by atoms with Gasteiger partial charge in [0.25, 0.3) is 0 Å². The Bertz CT molecular complexity index is 919. The third kappa shape index (κ3) is 2.25. The molecule has 0 radical (unpaired) electrons. The van der Waals surface area contributed by atoms with Crippen LogP contribution in [0.5, 0.6) is 0 Å². The summed E-state index contributed by atoms with van der Waals surface area (Å²) in [6, 6.07) is 21.1. The van der Waals surface area contributed by atoms with E-state index in [1.807, 2.05) is 66.7 Å². The van der Waals surface area contributed by atoms with Gasteiger partial charge in [-0.15, -0.1) is 0 Å². The molecular formula is C19H14N2O2. The third-order valence-corrected chi connectivity index (χ3v) is 3.97. The van der Waals surface area contributed by atoms with Crippen LogP contribution in [0.15, 0.2) is 66.7 Å². The largest absolute Gasteiger partial charge is 0.324 e. The molecule has 1 heterocycles. The maximum absolute atomic E-state index is 12.7. The molecule has 0 fully saturated rings. The minimum atomic E-state index is -0.287. The highest BCUT2D eigenvalue weighted by Crippen LogP contribution is 2.40. The van der Waals surface area contributed by atoms with Crippen LogP contribution in [0.3, 0.4) is 0 Å². The second-order valence-electron chi connectivity index (χ2n) is 5.47. The Morgan fingerprint density at radius 3 is 2.39 bits per heavy atom. The van der Waals surface area contributed by atoms with Crippen LogP contribution in [-0.4, -0.2) is 11.8 Å². The van der Waals surface area contributed by atoms with Gasteiger partial charge in [-0.05, 0) is 23.6 Å². The van der Waals surface area contributed by atoms with E-state index in [0.717, 1.165) is 22.1 Å². The summed E-state index contributed by atoms with van der Waals surface area (Å²) in [6.07, 6.45) is -0.169. The van der Waals surface area contributed by atoms with Gasteiger partial charge in [0.1, 0.15) is 6.42 Å². The van der Waals surface area contributed by atoms with E-state index in [-0.39, 0.29) is 18.2 Å². The Morgan fingerprint density at radius 2 is 1.57 bits per heavy atom. The van der Waals surface area contributed by atoms with Gasteiger partial charge in [0.15, 0.2) is 0 Å². The minimum absolute atomic E-state index is 0.169. The lowest BCUT2D eigenvalue weighted by molar-refractivity contribution is -0.124. The lowest BCUT2D eigenvalue weighted by Gasteiger charge is -2.24. The first-order valence-electron chi connectivity index (χ1n) is 7.43. The van der Waals surface area contributed by atoms with Crippen molar-refractivity contribution < 1.29 is 9.59 Å². The van der Waals surface area contributed by atoms with Crippen molar-refractivity contribution >= 4 is 39.6 Å². The Hall–Kier alpha value is -3.14. The maximum atomic E-state index is 12.7. The molecule has 4 heteroatoms. The molecule has 0 atom stereocenters. The number of amides is 2. The number of para-hydroxylation sites is 1. The van der Waals surface area contributed by atoms with Gasteiger partial charge in [-0.1, -0.05) is 48.5 Å². The average Bonchev–Trinajstić information content (AvgIpc) is 2.70. The number of benzene rings is 3. The van der Waals surface area contributed by atoms with Gasteiger partial charge in [-0.25, -0.2) is 0 Å². The quantitative estimate of drug-likeness (QED) is 0.694. The summed E-state index contributed by atoms with van der Waals surface area (Å²) in [5, 5.41) is 4.80. The molecule has 2 amide bonds. The Morgan fingerprint density at radius 1 is 0.826 bits per heavy atom. The molecule has 1 aliphatic rings. The fourth-order valence-corrected chi connectivity index (χ4v) is 2.98. The molecule has 0 aliphatic carbocycles. The normalized spacial score (nSPS) is 14.3. The van der Waals surface area contributed by atoms with Gasteiger partial charge < -0.3 is 5.32 Å². The van der Waals surface area contributed by atoms with Crippen LogP contribution in [0, 0.1) is 0 Å². The molecule has 0 saturated carbocycles. The summed E-state index contributed by atoms with van der Waals surface area (Å²) in [5.41, 5.74) is 2.14. The van der Waals surface area contributed by atoms with Crippen molar-refractivity contribution in [2.24, 2.45) is 0 Å². The van der Waals surface area contributed by atoms with Gasteiger partial charge in [-0.2, -0.15) is 0 Å². The fourth-order valence-electron chi connectivity index (χ4n) is 2.98. The number of nitrogens with zero attached hydrogens (tertiary/aromatic N) is 1. The van der Waals surface area contributed by atoms with Crippen molar-refractivity contribution in [3.63, 3.8) is 0 Å². The minimum Gasteiger partial charge on any atom is -0.324 e. The molecule has 0 bridgehead atoms. The van der Waals surface area contributed by atoms with Crippen LogP contribution >= 0.6 is 0 Å². The summed E-state index contributed by atoms with van der Waals surface area (Å²) in [6.45, 7) is 0. The first-order valence-corrected chi connectivity index (χ1v) is 7.43. The van der Waals surface area contributed by atoms with Gasteiger partial charge in [0, 0.05) is 11.1 Å². The lowest BCUT2D eigenvalue weighted by Crippen LogP contribution is -2.26. The van der Waals surface area contributed by atoms with E-state index in [0.29, 0.717) is 5.69 Å². The molecule has 0 aromatic heterocycles. The average molecular weight is 302 g/mol. The standard InChI is InChI=1S/C19H14N2O2/c22-17-12-18(23)21(14-7-2-1-3-8-14)19-15-9-5-4-6-13(15)10-11-16(19)20-17/h1-11H,12H2,(H,20,22). The number of hydrogen-bond donors (Lipinski definition) is 1. The van der Waals surface area contributed by atoms with Crippen molar-refractivity contribution in [3.05, 3.63) is 66.7 Å². The Labute approximate surface area is 133 Å². The maximum Gasteiger partial charge on any atom is 0.241 e. The van der Waals surface area contributed by atoms with Crippen LogP contribution < -0.4 is 10.2 Å². The molecule has 112 valence electrons. The van der Waals surface area contributed by atoms with Gasteiger partial charge in [0.2, 0.25) is 11.8 Å². The number of hydrogen-bond acceptors (Lipinski definition) is 2. The molecule has 4 nitrogen and oxygen atoms in total. The van der Waals surface area contributed by atoms with Crippen LogP contribution in [0.25, 0.3) is 10.8 Å². The highest BCUT2D eigenvalue weighted by Gasteiger charge is 2.28. The van der Waals surface area contributed by atoms with Crippen molar-refractivity contribution in [1.29, 1.82) is 0 Å². The lowest BCUT2D eigenvalue weighted by atomic mass is 10.1. The molecule has 1 aliphatic heterocycles. The topological polar surface area (TPSA) is 49.4 Å². The third-order valence-electron chi connectivity index (χ3n) is 3.97. The number of rotatable bonds is 1. The van der Waals surface area contributed by atoms with Crippen LogP contribution in [0.2, 0.25) is 0 Å². The zero-order chi connectivity index (χ0) is 15.8. The molecule has 0 spiro atoms. The first-order chi connectivity index (χ1) is 11.2. The highest BCUT2D eigenvalue weighted by molar-refractivity contribution is 6.21. The summed E-state index contributed by atoms with van der Waals surface area (Å²) in [7, 11) is 0. The van der Waals surface area contributed by atoms with Crippen molar-refractivity contribution in [3.8, 4) is 0 Å². The molecular weight excluding hydrogens is 288 g/mol. The molecule has 4 rings (SSSR count). The molecule has 0 unspecified atom stereocenters. The van der Waals surface area contributed by atoms with Crippen molar-refractivity contribution in [1.82, 2.24) is 0 Å². The number of anilines is 3. The first kappa shape index (κ1) is 13.5. The zero-order valence-corrected chi connectivity index (χ0v) is 12.3. The summed E-state index contributed by atoms with van der Waals surface area (Å²) in [5.74, 6) is -0.520. The molecule has 0 saturated heterocycles. The number of nitrogens with one attached hydrogen (secondary N) is 1. The molecule has 23 heavy (non-hydrogen) atoms. The Balaban J connectivity index is 2.05. The SMILES string of the molecule is O=C1CC(=O)N(c2ccccc2)c2c(ccc3ccccc23)N1. The predicted octanol–water partition coefficient (Wildman–Crippen LogP) is 3.85. The highest BCUT2D eigenvalue weighted by atomic mass is 16.2. The second kappa shape index (κ2) is 5.25. The number of carbonyl (C=O) groups excluding carboxylic acids is 2. The van der Waals surface area contributed by atoms with Gasteiger partial charge >= 0.3 is 0 Å². The summed E-state index contributed by atoms with van der Waals surface area (Å²) < 4.78 is 0. The fraction of sp³-hybridized carbons (Fsp3) is 0.0526. The van der Waals surface area contributed by atoms with E-state index < -0.39 is 0 Å². The zero-order valence-electron chi connectivity index (χ0n) is 12.3. The van der Waals surface area contributed by atoms with Crippen LogP contribution in [0.1, 0.15) is 6.42 Å². The number of fused-ring (bicyclic) bond motifs is 3. The predicted molar refractivity (Wildman–Crippen MR) is 90.8 cm³/mol. The number of carbonyl (C=O) groups is 2. The van der Waals surface area contributed by atoms with Gasteiger partial charge in [0.05, 0.1) is 11.4 Å². The molecule has 1 N–H and O–H groups in total. The van der Waals surface area contributed by atoms with Crippen molar-refractivity contribution in [2.45, 2.75) is 6.42 Å². The van der Waals surface area contributed by atoms with Crippen LogP contribution in [0.4, 0.5) is 17.1 Å².